The summed E-state index contributed by atoms with van der Waals surface area (Å²) < 4.78 is 0. The highest BCUT2D eigenvalue weighted by molar-refractivity contribution is 7.10. The van der Waals surface area contributed by atoms with Gasteiger partial charge in [-0.2, -0.15) is 0 Å². The number of thiophene rings is 1. The molecular weight excluding hydrogens is 466 g/mol. The summed E-state index contributed by atoms with van der Waals surface area (Å²) in [5, 5.41) is 17.0. The van der Waals surface area contributed by atoms with Crippen LogP contribution in [0.25, 0.3) is 0 Å². The molecule has 4 rings (SSSR count). The molecule has 0 unspecified atom stereocenters. The van der Waals surface area contributed by atoms with Crippen LogP contribution in [0, 0.1) is 26.7 Å². The number of carbonyl (C=O) groups excluding carboxylic acids is 1. The van der Waals surface area contributed by atoms with E-state index < -0.39 is 11.9 Å². The molecule has 2 aliphatic rings. The van der Waals surface area contributed by atoms with E-state index in [-0.39, 0.29) is 5.92 Å². The number of likely N-dealkylation sites (tertiary alicyclic amines) is 1. The van der Waals surface area contributed by atoms with Crippen LogP contribution in [0.2, 0.25) is 0 Å². The second kappa shape index (κ2) is 12.2. The molecule has 0 saturated carbocycles. The van der Waals surface area contributed by atoms with Crippen LogP contribution >= 0.6 is 11.3 Å². The lowest BCUT2D eigenvalue weighted by Gasteiger charge is -2.40. The fraction of sp³-hybridized carbons (Fsp3) is 0.500. The van der Waals surface area contributed by atoms with Gasteiger partial charge >= 0.3 is 11.9 Å². The zero-order chi connectivity index (χ0) is 25.5. The van der Waals surface area contributed by atoms with Gasteiger partial charge in [0.2, 0.25) is 5.91 Å². The number of carboxylic acids is 2. The molecule has 2 N–H and O–H groups in total. The zero-order valence-electron chi connectivity index (χ0n) is 20.7. The van der Waals surface area contributed by atoms with Gasteiger partial charge in [-0.25, -0.2) is 9.59 Å². The van der Waals surface area contributed by atoms with Crippen LogP contribution < -0.4 is 4.90 Å². The van der Waals surface area contributed by atoms with Gasteiger partial charge in [0, 0.05) is 49.2 Å². The van der Waals surface area contributed by atoms with E-state index >= 15 is 0 Å². The van der Waals surface area contributed by atoms with Crippen LogP contribution in [0.5, 0.6) is 0 Å². The van der Waals surface area contributed by atoms with E-state index in [4.69, 9.17) is 19.8 Å². The predicted octanol–water partition coefficient (Wildman–Crippen LogP) is 3.39. The molecule has 190 valence electrons. The third kappa shape index (κ3) is 7.05. The van der Waals surface area contributed by atoms with Gasteiger partial charge in [0.05, 0.1) is 0 Å². The monoisotopic (exact) mass is 501 g/mol. The largest absolute Gasteiger partial charge is 0.473 e. The number of hydrogen-bond donors (Lipinski definition) is 2. The molecule has 1 aromatic carbocycles. The van der Waals surface area contributed by atoms with Crippen molar-refractivity contribution in [2.75, 3.05) is 44.2 Å². The fourth-order valence-electron chi connectivity index (χ4n) is 4.61. The number of amides is 1. The van der Waals surface area contributed by atoms with Crippen LogP contribution in [0.3, 0.4) is 0 Å². The highest BCUT2D eigenvalue weighted by Crippen LogP contribution is 2.27. The van der Waals surface area contributed by atoms with Gasteiger partial charge < -0.3 is 20.0 Å². The Bertz CT molecular complexity index is 1030. The smallest absolute Gasteiger partial charge is 0.414 e. The van der Waals surface area contributed by atoms with E-state index in [1.165, 1.54) is 27.3 Å². The van der Waals surface area contributed by atoms with Gasteiger partial charge in [-0.3, -0.25) is 9.69 Å². The number of piperazine rings is 1. The number of nitrogens with zero attached hydrogens (tertiary/aromatic N) is 3. The SMILES string of the molecule is Cc1ccsc1CN1CCC(C(=O)N2CCN(c3cccc(C)c3C)CC2)CC1.O=C(O)C(=O)O. The van der Waals surface area contributed by atoms with Crippen LogP contribution in [0.4, 0.5) is 5.69 Å². The molecule has 9 heteroatoms. The Hall–Kier alpha value is -2.91. The van der Waals surface area contributed by atoms with Crippen molar-refractivity contribution in [2.24, 2.45) is 5.92 Å². The Labute approximate surface area is 210 Å². The zero-order valence-corrected chi connectivity index (χ0v) is 21.5. The maximum Gasteiger partial charge on any atom is 0.414 e. The van der Waals surface area contributed by atoms with Crippen molar-refractivity contribution in [3.05, 3.63) is 51.2 Å². The van der Waals surface area contributed by atoms with E-state index in [2.05, 4.69) is 65.1 Å². The van der Waals surface area contributed by atoms with Gasteiger partial charge in [0.25, 0.3) is 0 Å². The molecule has 2 aliphatic heterocycles. The maximum atomic E-state index is 13.1. The molecular formula is C26H35N3O5S. The number of benzene rings is 1. The fourth-order valence-corrected chi connectivity index (χ4v) is 5.56. The first-order valence-electron chi connectivity index (χ1n) is 12.0. The van der Waals surface area contributed by atoms with Crippen molar-refractivity contribution >= 4 is 34.9 Å². The van der Waals surface area contributed by atoms with Crippen LogP contribution in [-0.2, 0) is 20.9 Å². The molecule has 3 heterocycles. The maximum absolute atomic E-state index is 13.1. The van der Waals surface area contributed by atoms with Gasteiger partial charge in [-0.15, -0.1) is 11.3 Å². The van der Waals surface area contributed by atoms with E-state index in [1.807, 2.05) is 11.3 Å². The Morgan fingerprint density at radius 2 is 1.51 bits per heavy atom. The van der Waals surface area contributed by atoms with Crippen LogP contribution in [0.15, 0.2) is 29.6 Å². The second-order valence-corrected chi connectivity index (χ2v) is 10.2. The Morgan fingerprint density at radius 3 is 2.06 bits per heavy atom. The summed E-state index contributed by atoms with van der Waals surface area (Å²) in [4.78, 5) is 39.8. The summed E-state index contributed by atoms with van der Waals surface area (Å²) in [7, 11) is 0. The molecule has 0 spiro atoms. The lowest BCUT2D eigenvalue weighted by Crippen LogP contribution is -2.51. The summed E-state index contributed by atoms with van der Waals surface area (Å²) in [6.45, 7) is 13.3. The summed E-state index contributed by atoms with van der Waals surface area (Å²) >= 11 is 1.85. The third-order valence-electron chi connectivity index (χ3n) is 6.96. The highest BCUT2D eigenvalue weighted by atomic mass is 32.1. The van der Waals surface area contributed by atoms with Crippen molar-refractivity contribution in [2.45, 2.75) is 40.2 Å². The molecule has 1 aromatic heterocycles. The number of carboxylic acid groups (broad SMARTS) is 2. The van der Waals surface area contributed by atoms with Gasteiger partial charge in [-0.05, 0) is 80.9 Å². The first kappa shape index (κ1) is 26.7. The average Bonchev–Trinajstić information content (AvgIpc) is 3.25. The first-order valence-corrected chi connectivity index (χ1v) is 12.9. The quantitative estimate of drug-likeness (QED) is 0.619. The molecule has 0 radical (unpaired) electrons. The average molecular weight is 502 g/mol. The topological polar surface area (TPSA) is 101 Å². The number of piperidine rings is 1. The molecule has 35 heavy (non-hydrogen) atoms. The van der Waals surface area contributed by atoms with Crippen molar-refractivity contribution in [1.29, 1.82) is 0 Å². The molecule has 2 fully saturated rings. The molecule has 0 aliphatic carbocycles. The predicted molar refractivity (Wildman–Crippen MR) is 137 cm³/mol. The molecule has 2 saturated heterocycles. The van der Waals surface area contributed by atoms with E-state index in [0.717, 1.165) is 58.7 Å². The lowest BCUT2D eigenvalue weighted by atomic mass is 9.94. The summed E-state index contributed by atoms with van der Waals surface area (Å²) in [5.74, 6) is -3.05. The van der Waals surface area contributed by atoms with Crippen LogP contribution in [-0.4, -0.2) is 77.1 Å². The van der Waals surface area contributed by atoms with Crippen molar-refractivity contribution < 1.29 is 24.6 Å². The summed E-state index contributed by atoms with van der Waals surface area (Å²) in [6, 6.07) is 8.73. The first-order chi connectivity index (χ1) is 16.7. The number of rotatable bonds is 4. The van der Waals surface area contributed by atoms with Crippen LogP contribution in [0.1, 0.15) is 34.4 Å². The molecule has 0 bridgehead atoms. The highest BCUT2D eigenvalue weighted by Gasteiger charge is 2.30. The van der Waals surface area contributed by atoms with E-state index in [1.54, 1.807) is 0 Å². The summed E-state index contributed by atoms with van der Waals surface area (Å²) in [6.07, 6.45) is 2.00. The molecule has 1 amide bonds. The second-order valence-electron chi connectivity index (χ2n) is 9.22. The number of carbonyl (C=O) groups is 3. The lowest BCUT2D eigenvalue weighted by molar-refractivity contribution is -0.159. The normalized spacial score (nSPS) is 17.0. The summed E-state index contributed by atoms with van der Waals surface area (Å²) in [5.41, 5.74) is 5.43. The minimum absolute atomic E-state index is 0.211. The number of hydrogen-bond acceptors (Lipinski definition) is 6. The van der Waals surface area contributed by atoms with Gasteiger partial charge in [0.1, 0.15) is 0 Å². The minimum Gasteiger partial charge on any atom is -0.473 e. The van der Waals surface area contributed by atoms with Gasteiger partial charge in [0.15, 0.2) is 0 Å². The number of aliphatic carboxylic acids is 2. The molecule has 2 aromatic rings. The van der Waals surface area contributed by atoms with Crippen molar-refractivity contribution in [3.8, 4) is 0 Å². The number of aryl methyl sites for hydroxylation is 2. The van der Waals surface area contributed by atoms with Gasteiger partial charge in [-0.1, -0.05) is 12.1 Å². The Kier molecular flexibility index (Phi) is 9.28. The Morgan fingerprint density at radius 1 is 0.886 bits per heavy atom. The Balaban J connectivity index is 0.000000509. The van der Waals surface area contributed by atoms with Crippen molar-refractivity contribution in [3.63, 3.8) is 0 Å². The van der Waals surface area contributed by atoms with E-state index in [9.17, 15) is 4.79 Å². The minimum atomic E-state index is -1.82. The van der Waals surface area contributed by atoms with Crippen molar-refractivity contribution in [1.82, 2.24) is 9.80 Å². The molecule has 0 atom stereocenters. The standard InChI is InChI=1S/C24H33N3OS.C2H2O4/c1-18-5-4-6-22(20(18)3)26-12-14-27(15-13-26)24(28)21-7-10-25(11-8-21)17-23-19(2)9-16-29-23;3-1(4)2(5)6/h4-6,9,16,21H,7-8,10-15,17H2,1-3H3;(H,3,4)(H,5,6). The van der Waals surface area contributed by atoms with E-state index in [0.29, 0.717) is 5.91 Å². The number of anilines is 1. The third-order valence-corrected chi connectivity index (χ3v) is 7.97. The molecule has 8 nitrogen and oxygen atoms in total.